The number of imidazole rings is 1. The molecule has 0 spiro atoms. The Bertz CT molecular complexity index is 1160. The molecule has 4 heterocycles. The number of carbonyl (C=O) groups is 2. The molecule has 0 radical (unpaired) electrons. The fourth-order valence-electron chi connectivity index (χ4n) is 4.64. The van der Waals surface area contributed by atoms with Crippen molar-refractivity contribution in [2.75, 3.05) is 31.5 Å². The van der Waals surface area contributed by atoms with Crippen molar-refractivity contribution < 1.29 is 14.3 Å². The van der Waals surface area contributed by atoms with Crippen molar-refractivity contribution in [2.45, 2.75) is 49.1 Å². The van der Waals surface area contributed by atoms with E-state index in [1.165, 1.54) is 31.0 Å². The normalized spacial score (nSPS) is 16.9. The summed E-state index contributed by atoms with van der Waals surface area (Å²) in [4.78, 5) is 41.0. The Morgan fingerprint density at radius 2 is 1.78 bits per heavy atom. The monoisotopic (exact) mass is 520 g/mol. The maximum atomic E-state index is 12.6. The Balaban J connectivity index is 1.07. The van der Waals surface area contributed by atoms with Gasteiger partial charge >= 0.3 is 6.09 Å². The van der Waals surface area contributed by atoms with Crippen molar-refractivity contribution in [1.29, 1.82) is 0 Å². The molecular weight excluding hydrogens is 488 g/mol. The number of anilines is 1. The number of benzene rings is 1. The zero-order valence-electron chi connectivity index (χ0n) is 20.8. The summed E-state index contributed by atoms with van der Waals surface area (Å²) >= 11 is 1.71. The minimum atomic E-state index is -0.385. The number of hydrogen-bond acceptors (Lipinski definition) is 7. The Kier molecular flexibility index (Phi) is 8.37. The van der Waals surface area contributed by atoms with Gasteiger partial charge in [0.1, 0.15) is 5.82 Å². The van der Waals surface area contributed by atoms with E-state index >= 15 is 0 Å². The molecule has 194 valence electrons. The molecule has 2 aliphatic rings. The molecule has 37 heavy (non-hydrogen) atoms. The number of carbonyl (C=O) groups excluding carboxylic acids is 2. The van der Waals surface area contributed by atoms with Crippen LogP contribution in [0.3, 0.4) is 0 Å². The zero-order valence-corrected chi connectivity index (χ0v) is 21.6. The summed E-state index contributed by atoms with van der Waals surface area (Å²) in [7, 11) is 0. The SMILES string of the molecule is O=C(Nc1ccc(OC(=O)N2CCC(Sc3ncc[nH]3)CC2)cn1)c1ccc(CN2CCCCC2)cc1. The lowest BCUT2D eigenvalue weighted by Gasteiger charge is -2.30. The number of thioether (sulfide) groups is 1. The number of pyridine rings is 1. The third-order valence-electron chi connectivity index (χ3n) is 6.71. The van der Waals surface area contributed by atoms with Crippen LogP contribution in [0.5, 0.6) is 5.75 Å². The van der Waals surface area contributed by atoms with Crippen molar-refractivity contribution in [1.82, 2.24) is 24.8 Å². The number of aromatic nitrogens is 3. The number of piperidine rings is 2. The van der Waals surface area contributed by atoms with Gasteiger partial charge in [-0.3, -0.25) is 9.69 Å². The van der Waals surface area contributed by atoms with Gasteiger partial charge in [-0.2, -0.15) is 0 Å². The maximum Gasteiger partial charge on any atom is 0.415 e. The second kappa shape index (κ2) is 12.2. The van der Waals surface area contributed by atoms with Gasteiger partial charge in [-0.25, -0.2) is 14.8 Å². The van der Waals surface area contributed by atoms with E-state index < -0.39 is 0 Å². The number of rotatable bonds is 7. The Labute approximate surface area is 221 Å². The highest BCUT2D eigenvalue weighted by molar-refractivity contribution is 7.99. The van der Waals surface area contributed by atoms with Crippen molar-refractivity contribution in [2.24, 2.45) is 0 Å². The van der Waals surface area contributed by atoms with Gasteiger partial charge in [-0.1, -0.05) is 30.3 Å². The molecule has 2 aliphatic heterocycles. The average Bonchev–Trinajstić information content (AvgIpc) is 3.44. The van der Waals surface area contributed by atoms with Gasteiger partial charge in [0.2, 0.25) is 0 Å². The molecule has 10 heteroatoms. The lowest BCUT2D eigenvalue weighted by molar-refractivity contribution is 0.102. The highest BCUT2D eigenvalue weighted by Gasteiger charge is 2.25. The number of nitrogens with zero attached hydrogens (tertiary/aromatic N) is 4. The van der Waals surface area contributed by atoms with Crippen LogP contribution in [0.1, 0.15) is 48.0 Å². The molecule has 9 nitrogen and oxygen atoms in total. The molecule has 2 amide bonds. The zero-order chi connectivity index (χ0) is 25.5. The number of ether oxygens (including phenoxy) is 1. The topological polar surface area (TPSA) is 103 Å². The first kappa shape index (κ1) is 25.3. The van der Waals surface area contributed by atoms with Gasteiger partial charge in [0, 0.05) is 42.8 Å². The molecule has 1 aromatic carbocycles. The van der Waals surface area contributed by atoms with Gasteiger partial charge in [0.05, 0.1) is 6.20 Å². The molecule has 2 aromatic heterocycles. The Hall–Kier alpha value is -3.37. The van der Waals surface area contributed by atoms with E-state index in [1.807, 2.05) is 30.5 Å². The fraction of sp³-hybridized carbons (Fsp3) is 0.407. The predicted octanol–water partition coefficient (Wildman–Crippen LogP) is 4.80. The average molecular weight is 521 g/mol. The summed E-state index contributed by atoms with van der Waals surface area (Å²) in [6.07, 6.45) is 10.2. The van der Waals surface area contributed by atoms with Crippen LogP contribution in [0, 0.1) is 0 Å². The standard InChI is InChI=1S/C27H32N6O3S/c34-25(21-6-4-20(5-7-21)19-32-14-2-1-3-15-32)31-24-9-8-22(18-30-24)36-27(35)33-16-10-23(11-17-33)37-26-28-12-13-29-26/h4-9,12-13,18,23H,1-3,10-11,14-17,19H2,(H,28,29)(H,30,31,34). The lowest BCUT2D eigenvalue weighted by atomic mass is 10.1. The number of amides is 2. The highest BCUT2D eigenvalue weighted by atomic mass is 32.2. The van der Waals surface area contributed by atoms with Crippen molar-refractivity contribution in [3.8, 4) is 5.75 Å². The van der Waals surface area contributed by atoms with E-state index in [-0.39, 0.29) is 12.0 Å². The number of nitrogens with one attached hydrogen (secondary N) is 2. The summed E-state index contributed by atoms with van der Waals surface area (Å²) in [5, 5.41) is 4.13. The van der Waals surface area contributed by atoms with Crippen LogP contribution in [0.4, 0.5) is 10.6 Å². The molecule has 0 unspecified atom stereocenters. The second-order valence-corrected chi connectivity index (χ2v) is 10.7. The molecule has 3 aromatic rings. The third-order valence-corrected chi connectivity index (χ3v) is 7.96. The van der Waals surface area contributed by atoms with Gasteiger partial charge in [0.15, 0.2) is 10.9 Å². The van der Waals surface area contributed by atoms with E-state index in [1.54, 1.807) is 35.0 Å². The summed E-state index contributed by atoms with van der Waals surface area (Å²) in [6.45, 7) is 4.48. The van der Waals surface area contributed by atoms with Crippen molar-refractivity contribution in [3.63, 3.8) is 0 Å². The molecule has 2 fully saturated rings. The van der Waals surface area contributed by atoms with Crippen molar-refractivity contribution in [3.05, 3.63) is 66.1 Å². The van der Waals surface area contributed by atoms with E-state index in [0.29, 0.717) is 35.5 Å². The minimum absolute atomic E-state index is 0.225. The quantitative estimate of drug-likeness (QED) is 0.461. The summed E-state index contributed by atoms with van der Waals surface area (Å²) in [5.74, 6) is 0.521. The largest absolute Gasteiger partial charge is 0.415 e. The first-order chi connectivity index (χ1) is 18.1. The number of aromatic amines is 1. The van der Waals surface area contributed by atoms with Crippen LogP contribution >= 0.6 is 11.8 Å². The van der Waals surface area contributed by atoms with Gasteiger partial charge in [0.25, 0.3) is 5.91 Å². The van der Waals surface area contributed by atoms with E-state index in [2.05, 4.69) is 25.2 Å². The second-order valence-electron chi connectivity index (χ2n) is 9.43. The van der Waals surface area contributed by atoms with Crippen LogP contribution in [0.2, 0.25) is 0 Å². The highest BCUT2D eigenvalue weighted by Crippen LogP contribution is 2.28. The molecule has 0 atom stereocenters. The maximum absolute atomic E-state index is 12.6. The van der Waals surface area contributed by atoms with Gasteiger partial charge in [-0.05, 0) is 68.6 Å². The van der Waals surface area contributed by atoms with E-state index in [0.717, 1.165) is 37.6 Å². The fourth-order valence-corrected chi connectivity index (χ4v) is 5.66. The van der Waals surface area contributed by atoms with Crippen LogP contribution in [-0.2, 0) is 6.54 Å². The predicted molar refractivity (Wildman–Crippen MR) is 143 cm³/mol. The third kappa shape index (κ3) is 7.11. The molecule has 2 N–H and O–H groups in total. The minimum Gasteiger partial charge on any atom is -0.409 e. The summed E-state index contributed by atoms with van der Waals surface area (Å²) in [5.41, 5.74) is 1.79. The van der Waals surface area contributed by atoms with E-state index in [4.69, 9.17) is 4.74 Å². The molecule has 2 saturated heterocycles. The lowest BCUT2D eigenvalue weighted by Crippen LogP contribution is -2.40. The molecule has 0 bridgehead atoms. The summed E-state index contributed by atoms with van der Waals surface area (Å²) < 4.78 is 5.50. The summed E-state index contributed by atoms with van der Waals surface area (Å²) in [6, 6.07) is 11.0. The van der Waals surface area contributed by atoms with Gasteiger partial charge < -0.3 is 19.9 Å². The number of likely N-dealkylation sites (tertiary alicyclic amines) is 2. The van der Waals surface area contributed by atoms with Crippen LogP contribution in [0.25, 0.3) is 0 Å². The number of hydrogen-bond donors (Lipinski definition) is 2. The number of H-pyrrole nitrogens is 1. The molecule has 0 aliphatic carbocycles. The van der Waals surface area contributed by atoms with Gasteiger partial charge in [-0.15, -0.1) is 0 Å². The molecular formula is C27H32N6O3S. The Morgan fingerprint density at radius 3 is 2.46 bits per heavy atom. The van der Waals surface area contributed by atoms with Crippen LogP contribution in [-0.4, -0.2) is 68.2 Å². The Morgan fingerprint density at radius 1 is 1.00 bits per heavy atom. The molecule has 0 saturated carbocycles. The smallest absolute Gasteiger partial charge is 0.409 e. The van der Waals surface area contributed by atoms with Crippen molar-refractivity contribution >= 4 is 29.6 Å². The first-order valence-electron chi connectivity index (χ1n) is 12.8. The van der Waals surface area contributed by atoms with E-state index in [9.17, 15) is 9.59 Å². The molecule has 5 rings (SSSR count). The van der Waals surface area contributed by atoms with Crippen LogP contribution in [0.15, 0.2) is 60.1 Å². The first-order valence-corrected chi connectivity index (χ1v) is 13.7. The van der Waals surface area contributed by atoms with Crippen LogP contribution < -0.4 is 10.1 Å².